The zero-order valence-electron chi connectivity index (χ0n) is 18.0. The van der Waals surface area contributed by atoms with Crippen LogP contribution in [0.4, 0.5) is 0 Å². The lowest BCUT2D eigenvalue weighted by Gasteiger charge is -2.21. The molecule has 0 bridgehead atoms. The maximum atomic E-state index is 13.0. The van der Waals surface area contributed by atoms with Crippen LogP contribution in [0.2, 0.25) is 0 Å². The topological polar surface area (TPSA) is 66.5 Å². The van der Waals surface area contributed by atoms with Crippen molar-refractivity contribution in [2.75, 3.05) is 13.6 Å². The van der Waals surface area contributed by atoms with Crippen molar-refractivity contribution in [1.29, 1.82) is 0 Å². The Hall–Kier alpha value is -2.70. The molecule has 0 fully saturated rings. The summed E-state index contributed by atoms with van der Waals surface area (Å²) in [4.78, 5) is 12.8. The fraction of sp³-hybridized carbons (Fsp3) is 0.320. The van der Waals surface area contributed by atoms with Crippen LogP contribution in [-0.2, 0) is 27.7 Å². The summed E-state index contributed by atoms with van der Waals surface area (Å²) in [6.07, 6.45) is 4.63. The minimum atomic E-state index is -3.77. The number of carbonyl (C=O) groups excluding carboxylic acids is 1. The van der Waals surface area contributed by atoms with Crippen molar-refractivity contribution in [1.82, 2.24) is 9.62 Å². The Morgan fingerprint density at radius 2 is 1.68 bits per heavy atom. The third-order valence-electron chi connectivity index (χ3n) is 6.05. The van der Waals surface area contributed by atoms with Crippen LogP contribution >= 0.6 is 0 Å². The minimum absolute atomic E-state index is 0.184. The quantitative estimate of drug-likeness (QED) is 0.629. The SMILES string of the molecule is C[C@@H](NC(=O)CN(C)S(=O)(=O)c1ccc2ccccc2c1)c1ccc2c(c1)CCCC2. The maximum absolute atomic E-state index is 13.0. The highest BCUT2D eigenvalue weighted by atomic mass is 32.2. The van der Waals surface area contributed by atoms with Gasteiger partial charge in [-0.15, -0.1) is 0 Å². The Morgan fingerprint density at radius 1 is 0.968 bits per heavy atom. The van der Waals surface area contributed by atoms with Crippen molar-refractivity contribution in [3.8, 4) is 0 Å². The summed E-state index contributed by atoms with van der Waals surface area (Å²) in [5.41, 5.74) is 3.81. The fourth-order valence-corrected chi connectivity index (χ4v) is 5.35. The number of fused-ring (bicyclic) bond motifs is 2. The highest BCUT2D eigenvalue weighted by Crippen LogP contribution is 2.25. The molecular formula is C25H28N2O3S. The predicted molar refractivity (Wildman–Crippen MR) is 123 cm³/mol. The van der Waals surface area contributed by atoms with Crippen molar-refractivity contribution >= 4 is 26.7 Å². The number of aryl methyl sites for hydroxylation is 2. The van der Waals surface area contributed by atoms with Gasteiger partial charge in [-0.25, -0.2) is 8.42 Å². The van der Waals surface area contributed by atoms with Crippen molar-refractivity contribution < 1.29 is 13.2 Å². The van der Waals surface area contributed by atoms with E-state index in [0.717, 1.165) is 33.5 Å². The van der Waals surface area contributed by atoms with Crippen LogP contribution in [0.1, 0.15) is 42.5 Å². The molecule has 0 aliphatic heterocycles. The normalized spacial score (nSPS) is 14.9. The molecule has 1 aliphatic rings. The van der Waals surface area contributed by atoms with Gasteiger partial charge in [-0.3, -0.25) is 4.79 Å². The molecule has 4 rings (SSSR count). The predicted octanol–water partition coefficient (Wildman–Crippen LogP) is 4.22. The van der Waals surface area contributed by atoms with E-state index in [2.05, 4.69) is 23.5 Å². The van der Waals surface area contributed by atoms with E-state index in [1.807, 2.05) is 31.2 Å². The molecule has 3 aromatic carbocycles. The summed E-state index contributed by atoms with van der Waals surface area (Å²) in [6, 6.07) is 18.8. The summed E-state index contributed by atoms with van der Waals surface area (Å²) >= 11 is 0. The molecular weight excluding hydrogens is 408 g/mol. The van der Waals surface area contributed by atoms with Crippen LogP contribution in [0.25, 0.3) is 10.8 Å². The van der Waals surface area contributed by atoms with Crippen molar-refractivity contribution in [3.05, 3.63) is 77.4 Å². The number of nitrogens with zero attached hydrogens (tertiary/aromatic N) is 1. The Morgan fingerprint density at radius 3 is 2.45 bits per heavy atom. The van der Waals surface area contributed by atoms with Gasteiger partial charge in [0.1, 0.15) is 0 Å². The number of sulfonamides is 1. The average molecular weight is 437 g/mol. The van der Waals surface area contributed by atoms with E-state index >= 15 is 0 Å². The first-order chi connectivity index (χ1) is 14.8. The molecule has 0 radical (unpaired) electrons. The molecule has 0 saturated heterocycles. The lowest BCUT2D eigenvalue weighted by atomic mass is 9.89. The Balaban J connectivity index is 1.43. The number of carbonyl (C=O) groups is 1. The van der Waals surface area contributed by atoms with Gasteiger partial charge in [0.2, 0.25) is 15.9 Å². The van der Waals surface area contributed by atoms with Gasteiger partial charge in [-0.2, -0.15) is 4.31 Å². The molecule has 0 heterocycles. The lowest BCUT2D eigenvalue weighted by Crippen LogP contribution is -2.39. The minimum Gasteiger partial charge on any atom is -0.348 e. The number of hydrogen-bond donors (Lipinski definition) is 1. The number of nitrogens with one attached hydrogen (secondary N) is 1. The summed E-state index contributed by atoms with van der Waals surface area (Å²) in [5.74, 6) is -0.322. The van der Waals surface area contributed by atoms with Crippen LogP contribution in [0.15, 0.2) is 65.6 Å². The van der Waals surface area contributed by atoms with E-state index in [0.29, 0.717) is 0 Å². The molecule has 0 saturated carbocycles. The van der Waals surface area contributed by atoms with E-state index in [9.17, 15) is 13.2 Å². The molecule has 6 heteroatoms. The molecule has 1 atom stereocenters. The second-order valence-corrected chi connectivity index (χ2v) is 10.3. The first kappa shape index (κ1) is 21.5. The molecule has 3 aromatic rings. The Bertz CT molecular complexity index is 1220. The van der Waals surface area contributed by atoms with Crippen LogP contribution in [0.3, 0.4) is 0 Å². The van der Waals surface area contributed by atoms with Gasteiger partial charge in [0.25, 0.3) is 0 Å². The second kappa shape index (κ2) is 8.81. The van der Waals surface area contributed by atoms with Gasteiger partial charge in [0.05, 0.1) is 17.5 Å². The zero-order chi connectivity index (χ0) is 22.0. The Kier molecular flexibility index (Phi) is 6.12. The van der Waals surface area contributed by atoms with Gasteiger partial charge in [-0.05, 0) is 72.2 Å². The van der Waals surface area contributed by atoms with Gasteiger partial charge in [0.15, 0.2) is 0 Å². The molecule has 0 aromatic heterocycles. The molecule has 31 heavy (non-hydrogen) atoms. The molecule has 1 amide bonds. The van der Waals surface area contributed by atoms with E-state index in [-0.39, 0.29) is 23.4 Å². The van der Waals surface area contributed by atoms with Gasteiger partial charge < -0.3 is 5.32 Å². The molecule has 1 N–H and O–H groups in total. The monoisotopic (exact) mass is 436 g/mol. The van der Waals surface area contributed by atoms with Gasteiger partial charge in [0, 0.05) is 7.05 Å². The highest BCUT2D eigenvalue weighted by molar-refractivity contribution is 7.89. The summed E-state index contributed by atoms with van der Waals surface area (Å²) < 4.78 is 27.1. The van der Waals surface area contributed by atoms with Gasteiger partial charge in [-0.1, -0.05) is 48.5 Å². The lowest BCUT2D eigenvalue weighted by molar-refractivity contribution is -0.121. The maximum Gasteiger partial charge on any atom is 0.243 e. The van der Waals surface area contributed by atoms with E-state index in [1.165, 1.54) is 31.0 Å². The van der Waals surface area contributed by atoms with Crippen molar-refractivity contribution in [3.63, 3.8) is 0 Å². The van der Waals surface area contributed by atoms with Crippen LogP contribution < -0.4 is 5.32 Å². The second-order valence-electron chi connectivity index (χ2n) is 8.29. The number of rotatable bonds is 6. The van der Waals surface area contributed by atoms with Gasteiger partial charge >= 0.3 is 0 Å². The molecule has 5 nitrogen and oxygen atoms in total. The van der Waals surface area contributed by atoms with Crippen LogP contribution in [-0.4, -0.2) is 32.2 Å². The standard InChI is InChI=1S/C25H28N2O3S/c1-18(21-12-11-19-7-3-5-9-22(19)15-21)26-25(28)17-27(2)31(29,30)24-14-13-20-8-4-6-10-23(20)16-24/h4,6,8,10-16,18H,3,5,7,9,17H2,1-2H3,(H,26,28)/t18-/m1/s1. The van der Waals surface area contributed by atoms with E-state index in [4.69, 9.17) is 0 Å². The fourth-order valence-electron chi connectivity index (χ4n) is 4.19. The third kappa shape index (κ3) is 4.65. The number of hydrogen-bond acceptors (Lipinski definition) is 3. The molecule has 162 valence electrons. The van der Waals surface area contributed by atoms with Crippen LogP contribution in [0.5, 0.6) is 0 Å². The smallest absolute Gasteiger partial charge is 0.243 e. The average Bonchev–Trinajstić information content (AvgIpc) is 2.78. The third-order valence-corrected chi connectivity index (χ3v) is 7.84. The number of amides is 1. The molecule has 0 spiro atoms. The number of benzene rings is 3. The number of likely N-dealkylation sites (N-methyl/N-ethyl adjacent to an activating group) is 1. The highest BCUT2D eigenvalue weighted by Gasteiger charge is 2.24. The summed E-state index contributed by atoms with van der Waals surface area (Å²) in [6.45, 7) is 1.70. The van der Waals surface area contributed by atoms with E-state index in [1.54, 1.807) is 18.2 Å². The Labute approximate surface area is 184 Å². The van der Waals surface area contributed by atoms with Crippen molar-refractivity contribution in [2.45, 2.75) is 43.5 Å². The summed E-state index contributed by atoms with van der Waals surface area (Å²) in [5, 5.41) is 4.76. The largest absolute Gasteiger partial charge is 0.348 e. The van der Waals surface area contributed by atoms with E-state index < -0.39 is 10.0 Å². The summed E-state index contributed by atoms with van der Waals surface area (Å²) in [7, 11) is -2.33. The zero-order valence-corrected chi connectivity index (χ0v) is 18.8. The first-order valence-electron chi connectivity index (χ1n) is 10.7. The first-order valence-corrected chi connectivity index (χ1v) is 12.1. The van der Waals surface area contributed by atoms with Crippen molar-refractivity contribution in [2.24, 2.45) is 0 Å². The molecule has 1 aliphatic carbocycles. The molecule has 0 unspecified atom stereocenters. The van der Waals surface area contributed by atoms with Crippen LogP contribution in [0, 0.1) is 0 Å².